The van der Waals surface area contributed by atoms with Gasteiger partial charge in [0, 0.05) is 24.5 Å². The van der Waals surface area contributed by atoms with Crippen molar-refractivity contribution in [3.05, 3.63) is 54.0 Å². The van der Waals surface area contributed by atoms with Gasteiger partial charge in [-0.3, -0.25) is 9.78 Å². The van der Waals surface area contributed by atoms with Gasteiger partial charge in [0.1, 0.15) is 5.82 Å². The Kier molecular flexibility index (Phi) is 3.42. The van der Waals surface area contributed by atoms with Crippen LogP contribution < -0.4 is 11.1 Å². The van der Waals surface area contributed by atoms with Crippen LogP contribution in [0.1, 0.15) is 16.1 Å². The molecule has 2 rings (SSSR count). The first kappa shape index (κ1) is 11.2. The molecule has 5 nitrogen and oxygen atoms in total. The Morgan fingerprint density at radius 1 is 1.24 bits per heavy atom. The summed E-state index contributed by atoms with van der Waals surface area (Å²) in [4.78, 5) is 19.9. The van der Waals surface area contributed by atoms with Gasteiger partial charge in [0.25, 0.3) is 5.91 Å². The van der Waals surface area contributed by atoms with Crippen LogP contribution in [-0.2, 0) is 6.54 Å². The van der Waals surface area contributed by atoms with Gasteiger partial charge in [0.2, 0.25) is 0 Å². The van der Waals surface area contributed by atoms with Crippen LogP contribution in [0.25, 0.3) is 0 Å². The van der Waals surface area contributed by atoms with Crippen molar-refractivity contribution in [3.8, 4) is 0 Å². The van der Waals surface area contributed by atoms with E-state index in [1.165, 1.54) is 0 Å². The number of nitrogens with zero attached hydrogens (tertiary/aromatic N) is 2. The van der Waals surface area contributed by atoms with Crippen molar-refractivity contribution in [3.63, 3.8) is 0 Å². The number of nitrogens with one attached hydrogen (secondary N) is 1. The standard InChI is InChI=1S/C12H12N4O/c13-8-10-7-9(4-6-14-10)12(17)16-11-3-1-2-5-15-11/h1-7H,8,13H2,(H,15,16,17). The van der Waals surface area contributed by atoms with E-state index in [2.05, 4.69) is 15.3 Å². The summed E-state index contributed by atoms with van der Waals surface area (Å²) in [5.41, 5.74) is 6.66. The number of carbonyl (C=O) groups is 1. The van der Waals surface area contributed by atoms with Crippen LogP contribution in [0.3, 0.4) is 0 Å². The third-order valence-corrected chi connectivity index (χ3v) is 2.19. The van der Waals surface area contributed by atoms with E-state index >= 15 is 0 Å². The minimum atomic E-state index is -0.221. The van der Waals surface area contributed by atoms with Crippen molar-refractivity contribution < 1.29 is 4.79 Å². The van der Waals surface area contributed by atoms with Gasteiger partial charge in [-0.1, -0.05) is 6.07 Å². The SMILES string of the molecule is NCc1cc(C(=O)Nc2ccccn2)ccn1. The third kappa shape index (κ3) is 2.85. The second-order valence-electron chi connectivity index (χ2n) is 3.41. The molecule has 0 atom stereocenters. The summed E-state index contributed by atoms with van der Waals surface area (Å²) in [5, 5.41) is 2.69. The number of pyridine rings is 2. The Morgan fingerprint density at radius 2 is 2.12 bits per heavy atom. The fourth-order valence-corrected chi connectivity index (χ4v) is 1.36. The highest BCUT2D eigenvalue weighted by atomic mass is 16.1. The zero-order chi connectivity index (χ0) is 12.1. The van der Waals surface area contributed by atoms with Crippen molar-refractivity contribution in [2.24, 2.45) is 5.73 Å². The molecule has 0 aliphatic rings. The van der Waals surface area contributed by atoms with Gasteiger partial charge in [0.15, 0.2) is 0 Å². The van der Waals surface area contributed by atoms with E-state index < -0.39 is 0 Å². The topological polar surface area (TPSA) is 80.9 Å². The highest BCUT2D eigenvalue weighted by molar-refractivity contribution is 6.03. The molecule has 2 heterocycles. The van der Waals surface area contributed by atoms with E-state index in [-0.39, 0.29) is 5.91 Å². The monoisotopic (exact) mass is 228 g/mol. The lowest BCUT2D eigenvalue weighted by Gasteiger charge is -2.04. The van der Waals surface area contributed by atoms with Gasteiger partial charge in [-0.05, 0) is 24.3 Å². The van der Waals surface area contributed by atoms with Gasteiger partial charge >= 0.3 is 0 Å². The first-order valence-corrected chi connectivity index (χ1v) is 5.17. The maximum Gasteiger partial charge on any atom is 0.256 e. The zero-order valence-corrected chi connectivity index (χ0v) is 9.13. The van der Waals surface area contributed by atoms with Crippen molar-refractivity contribution in [1.29, 1.82) is 0 Å². The molecule has 0 saturated heterocycles. The molecule has 17 heavy (non-hydrogen) atoms. The average Bonchev–Trinajstić information content (AvgIpc) is 2.40. The number of hydrogen-bond acceptors (Lipinski definition) is 4. The van der Waals surface area contributed by atoms with E-state index in [4.69, 9.17) is 5.73 Å². The molecule has 0 bridgehead atoms. The molecule has 86 valence electrons. The molecule has 0 aromatic carbocycles. The fourth-order valence-electron chi connectivity index (χ4n) is 1.36. The molecular formula is C12H12N4O. The van der Waals surface area contributed by atoms with E-state index in [9.17, 15) is 4.79 Å². The normalized spacial score (nSPS) is 9.94. The molecule has 1 amide bonds. The zero-order valence-electron chi connectivity index (χ0n) is 9.13. The predicted octanol–water partition coefficient (Wildman–Crippen LogP) is 1.19. The molecule has 0 radical (unpaired) electrons. The van der Waals surface area contributed by atoms with Crippen LogP contribution in [0.2, 0.25) is 0 Å². The van der Waals surface area contributed by atoms with E-state index in [1.54, 1.807) is 42.7 Å². The lowest BCUT2D eigenvalue weighted by Crippen LogP contribution is -2.13. The molecule has 2 aromatic heterocycles. The average molecular weight is 228 g/mol. The number of rotatable bonds is 3. The second-order valence-corrected chi connectivity index (χ2v) is 3.41. The molecule has 0 spiro atoms. The fraction of sp³-hybridized carbons (Fsp3) is 0.0833. The number of amides is 1. The maximum absolute atomic E-state index is 11.9. The molecule has 3 N–H and O–H groups in total. The number of anilines is 1. The van der Waals surface area contributed by atoms with Gasteiger partial charge in [-0.15, -0.1) is 0 Å². The summed E-state index contributed by atoms with van der Waals surface area (Å²) in [5.74, 6) is 0.296. The van der Waals surface area contributed by atoms with E-state index in [0.717, 1.165) is 0 Å². The Balaban J connectivity index is 2.14. The van der Waals surface area contributed by atoms with Crippen LogP contribution >= 0.6 is 0 Å². The van der Waals surface area contributed by atoms with E-state index in [1.807, 2.05) is 0 Å². The number of hydrogen-bond donors (Lipinski definition) is 2. The highest BCUT2D eigenvalue weighted by Crippen LogP contribution is 2.06. The number of nitrogens with two attached hydrogens (primary N) is 1. The minimum absolute atomic E-state index is 0.221. The molecule has 5 heteroatoms. The minimum Gasteiger partial charge on any atom is -0.325 e. The summed E-state index contributed by atoms with van der Waals surface area (Å²) in [6.45, 7) is 0.310. The Bertz CT molecular complexity index is 513. The summed E-state index contributed by atoms with van der Waals surface area (Å²) in [6.07, 6.45) is 3.18. The molecule has 0 fully saturated rings. The van der Waals surface area contributed by atoms with Gasteiger partial charge in [-0.2, -0.15) is 0 Å². The lowest BCUT2D eigenvalue weighted by atomic mass is 10.2. The van der Waals surface area contributed by atoms with Gasteiger partial charge in [0.05, 0.1) is 5.69 Å². The van der Waals surface area contributed by atoms with Crippen molar-refractivity contribution in [1.82, 2.24) is 9.97 Å². The summed E-state index contributed by atoms with van der Waals surface area (Å²) < 4.78 is 0. The lowest BCUT2D eigenvalue weighted by molar-refractivity contribution is 0.102. The molecule has 0 aliphatic carbocycles. The van der Waals surface area contributed by atoms with Crippen molar-refractivity contribution in [2.45, 2.75) is 6.54 Å². The largest absolute Gasteiger partial charge is 0.325 e. The predicted molar refractivity (Wildman–Crippen MR) is 64.3 cm³/mol. The van der Waals surface area contributed by atoms with Crippen molar-refractivity contribution >= 4 is 11.7 Å². The molecule has 0 saturated carbocycles. The number of aromatic nitrogens is 2. The number of carbonyl (C=O) groups excluding carboxylic acids is 1. The Morgan fingerprint density at radius 3 is 2.82 bits per heavy atom. The molecule has 0 unspecified atom stereocenters. The molecule has 0 aliphatic heterocycles. The van der Waals surface area contributed by atoms with Gasteiger partial charge in [-0.25, -0.2) is 4.98 Å². The van der Waals surface area contributed by atoms with E-state index in [0.29, 0.717) is 23.6 Å². The van der Waals surface area contributed by atoms with Gasteiger partial charge < -0.3 is 11.1 Å². The summed E-state index contributed by atoms with van der Waals surface area (Å²) >= 11 is 0. The van der Waals surface area contributed by atoms with Crippen LogP contribution in [-0.4, -0.2) is 15.9 Å². The van der Waals surface area contributed by atoms with Crippen LogP contribution in [0.5, 0.6) is 0 Å². The second kappa shape index (κ2) is 5.18. The van der Waals surface area contributed by atoms with Crippen LogP contribution in [0.4, 0.5) is 5.82 Å². The smallest absolute Gasteiger partial charge is 0.256 e. The summed E-state index contributed by atoms with van der Waals surface area (Å²) in [6, 6.07) is 8.62. The van der Waals surface area contributed by atoms with Crippen molar-refractivity contribution in [2.75, 3.05) is 5.32 Å². The molecular weight excluding hydrogens is 216 g/mol. The quantitative estimate of drug-likeness (QED) is 0.826. The van der Waals surface area contributed by atoms with Crippen LogP contribution in [0.15, 0.2) is 42.7 Å². The first-order valence-electron chi connectivity index (χ1n) is 5.17. The first-order chi connectivity index (χ1) is 8.29. The summed E-state index contributed by atoms with van der Waals surface area (Å²) in [7, 11) is 0. The maximum atomic E-state index is 11.9. The Hall–Kier alpha value is -2.27. The highest BCUT2D eigenvalue weighted by Gasteiger charge is 2.07. The Labute approximate surface area is 98.7 Å². The third-order valence-electron chi connectivity index (χ3n) is 2.19. The molecule has 2 aromatic rings. The van der Waals surface area contributed by atoms with Crippen LogP contribution in [0, 0.1) is 0 Å².